The van der Waals surface area contributed by atoms with Gasteiger partial charge in [-0.05, 0) is 62.5 Å². The van der Waals surface area contributed by atoms with E-state index >= 15 is 0 Å². The first-order valence-corrected chi connectivity index (χ1v) is 8.01. The van der Waals surface area contributed by atoms with Gasteiger partial charge in [-0.25, -0.2) is 0 Å². The predicted molar refractivity (Wildman–Crippen MR) is 96.8 cm³/mol. The molecule has 0 radical (unpaired) electrons. The first-order valence-electron chi connectivity index (χ1n) is 7.60. The van der Waals surface area contributed by atoms with E-state index in [9.17, 15) is 4.79 Å². The highest BCUT2D eigenvalue weighted by atomic mass is 32.1. The number of anilines is 1. The molecule has 6 nitrogen and oxygen atoms in total. The molecular formula is C17H18N4O2S. The average Bonchev–Trinajstić information content (AvgIpc) is 3.00. The van der Waals surface area contributed by atoms with Gasteiger partial charge in [0.15, 0.2) is 5.11 Å². The van der Waals surface area contributed by atoms with Crippen molar-refractivity contribution < 1.29 is 9.53 Å². The van der Waals surface area contributed by atoms with Crippen LogP contribution in [-0.4, -0.2) is 27.4 Å². The van der Waals surface area contributed by atoms with E-state index in [-0.39, 0.29) is 5.91 Å². The van der Waals surface area contributed by atoms with Crippen LogP contribution in [0.25, 0.3) is 6.08 Å². The van der Waals surface area contributed by atoms with Gasteiger partial charge in [-0.2, -0.15) is 5.10 Å². The fourth-order valence-electron chi connectivity index (χ4n) is 2.43. The van der Waals surface area contributed by atoms with Crippen LogP contribution in [0.4, 0.5) is 5.69 Å². The summed E-state index contributed by atoms with van der Waals surface area (Å²) in [4.78, 5) is 14.1. The van der Waals surface area contributed by atoms with Crippen molar-refractivity contribution in [2.75, 3.05) is 11.5 Å². The molecule has 1 N–H and O–H groups in total. The number of hydrogen-bond acceptors (Lipinski definition) is 4. The zero-order valence-electron chi connectivity index (χ0n) is 13.7. The Morgan fingerprint density at radius 2 is 2.04 bits per heavy atom. The Morgan fingerprint density at radius 1 is 1.33 bits per heavy atom. The number of amides is 1. The van der Waals surface area contributed by atoms with Gasteiger partial charge in [0.25, 0.3) is 5.91 Å². The lowest BCUT2D eigenvalue weighted by Gasteiger charge is -2.14. The van der Waals surface area contributed by atoms with Crippen molar-refractivity contribution in [3.63, 3.8) is 0 Å². The first-order chi connectivity index (χ1) is 11.5. The molecule has 1 aromatic carbocycles. The summed E-state index contributed by atoms with van der Waals surface area (Å²) in [5.41, 5.74) is 2.83. The van der Waals surface area contributed by atoms with E-state index in [0.717, 1.165) is 11.4 Å². The number of aryl methyl sites for hydroxylation is 2. The Hall–Kier alpha value is -2.67. The van der Waals surface area contributed by atoms with Crippen molar-refractivity contribution >= 4 is 35.0 Å². The van der Waals surface area contributed by atoms with Gasteiger partial charge in [-0.1, -0.05) is 0 Å². The van der Waals surface area contributed by atoms with Gasteiger partial charge in [0.2, 0.25) is 0 Å². The van der Waals surface area contributed by atoms with E-state index in [2.05, 4.69) is 10.4 Å². The van der Waals surface area contributed by atoms with Crippen molar-refractivity contribution in [2.24, 2.45) is 7.05 Å². The van der Waals surface area contributed by atoms with Crippen LogP contribution in [0.15, 0.2) is 36.0 Å². The molecule has 2 aromatic rings. The molecule has 3 rings (SSSR count). The summed E-state index contributed by atoms with van der Waals surface area (Å²) in [6.45, 7) is 4.47. The van der Waals surface area contributed by atoms with Crippen LogP contribution in [0.1, 0.15) is 18.3 Å². The van der Waals surface area contributed by atoms with Crippen LogP contribution in [0.3, 0.4) is 0 Å². The molecule has 24 heavy (non-hydrogen) atoms. The quantitative estimate of drug-likeness (QED) is 0.683. The van der Waals surface area contributed by atoms with Crippen LogP contribution < -0.4 is 15.0 Å². The topological polar surface area (TPSA) is 59.4 Å². The normalized spacial score (nSPS) is 16.0. The van der Waals surface area contributed by atoms with Crippen LogP contribution in [-0.2, 0) is 11.8 Å². The molecule has 0 saturated carbocycles. The molecule has 7 heteroatoms. The zero-order chi connectivity index (χ0) is 17.3. The number of carbonyl (C=O) groups excluding carboxylic acids is 1. The minimum Gasteiger partial charge on any atom is -0.494 e. The number of hydrogen-bond donors (Lipinski definition) is 1. The van der Waals surface area contributed by atoms with Gasteiger partial charge in [0.1, 0.15) is 11.4 Å². The number of nitrogens with zero attached hydrogens (tertiary/aromatic N) is 3. The second kappa shape index (κ2) is 6.45. The van der Waals surface area contributed by atoms with Crippen LogP contribution >= 0.6 is 12.2 Å². The largest absolute Gasteiger partial charge is 0.494 e. The number of nitrogens with one attached hydrogen (secondary N) is 1. The van der Waals surface area contributed by atoms with Gasteiger partial charge < -0.3 is 10.1 Å². The molecule has 1 aliphatic rings. The smallest absolute Gasteiger partial charge is 0.281 e. The summed E-state index contributed by atoms with van der Waals surface area (Å²) >= 11 is 5.30. The predicted octanol–water partition coefficient (Wildman–Crippen LogP) is 2.39. The van der Waals surface area contributed by atoms with Gasteiger partial charge >= 0.3 is 0 Å². The molecule has 1 fully saturated rings. The second-order valence-corrected chi connectivity index (χ2v) is 5.78. The summed E-state index contributed by atoms with van der Waals surface area (Å²) in [6.07, 6.45) is 1.70. The van der Waals surface area contributed by atoms with Crippen LogP contribution in [0.2, 0.25) is 0 Å². The third kappa shape index (κ3) is 3.03. The fourth-order valence-corrected chi connectivity index (χ4v) is 2.73. The molecule has 0 atom stereocenters. The number of thiocarbonyl (C=S) groups is 1. The van der Waals surface area contributed by atoms with Crippen molar-refractivity contribution in [1.29, 1.82) is 0 Å². The van der Waals surface area contributed by atoms with E-state index in [1.54, 1.807) is 10.8 Å². The summed E-state index contributed by atoms with van der Waals surface area (Å²) in [6, 6.07) is 9.16. The number of aromatic nitrogens is 2. The summed E-state index contributed by atoms with van der Waals surface area (Å²) in [5, 5.41) is 7.64. The van der Waals surface area contributed by atoms with Gasteiger partial charge in [0, 0.05) is 12.7 Å². The zero-order valence-corrected chi connectivity index (χ0v) is 14.6. The van der Waals surface area contributed by atoms with E-state index < -0.39 is 0 Å². The van der Waals surface area contributed by atoms with E-state index in [4.69, 9.17) is 17.0 Å². The summed E-state index contributed by atoms with van der Waals surface area (Å²) in [7, 11) is 1.86. The fraction of sp³-hybridized carbons (Fsp3) is 0.235. The molecule has 1 saturated heterocycles. The van der Waals surface area contributed by atoms with E-state index in [1.165, 1.54) is 4.90 Å². The lowest BCUT2D eigenvalue weighted by molar-refractivity contribution is -0.113. The lowest BCUT2D eigenvalue weighted by atomic mass is 10.2. The molecular weight excluding hydrogens is 324 g/mol. The molecule has 1 aliphatic heterocycles. The van der Waals surface area contributed by atoms with Crippen LogP contribution in [0.5, 0.6) is 5.75 Å². The summed E-state index contributed by atoms with van der Waals surface area (Å²) < 4.78 is 7.18. The Kier molecular flexibility index (Phi) is 4.35. The highest BCUT2D eigenvalue weighted by Gasteiger charge is 2.32. The molecule has 1 aromatic heterocycles. The van der Waals surface area contributed by atoms with Crippen molar-refractivity contribution in [3.8, 4) is 5.75 Å². The number of benzene rings is 1. The standard InChI is InChI=1S/C17H18N4O2S/c1-4-23-14-7-5-13(6-8-14)21-16(22)15(18-17(21)24)10-12-9-11(2)20(3)19-12/h5-10H,4H2,1-3H3,(H,18,24)/b15-10+. The van der Waals surface area contributed by atoms with Gasteiger partial charge in [0.05, 0.1) is 18.0 Å². The van der Waals surface area contributed by atoms with Crippen molar-refractivity contribution in [2.45, 2.75) is 13.8 Å². The average molecular weight is 342 g/mol. The second-order valence-electron chi connectivity index (χ2n) is 5.39. The third-order valence-corrected chi connectivity index (χ3v) is 3.99. The molecule has 0 aliphatic carbocycles. The Balaban J connectivity index is 1.86. The highest BCUT2D eigenvalue weighted by molar-refractivity contribution is 7.80. The first kappa shape index (κ1) is 16.2. The van der Waals surface area contributed by atoms with Gasteiger partial charge in [-0.3, -0.25) is 14.4 Å². The monoisotopic (exact) mass is 342 g/mol. The molecule has 2 heterocycles. The van der Waals surface area contributed by atoms with E-state index in [1.807, 2.05) is 51.2 Å². The maximum absolute atomic E-state index is 12.7. The Bertz CT molecular complexity index is 804. The van der Waals surface area contributed by atoms with E-state index in [0.29, 0.717) is 28.8 Å². The Labute approximate surface area is 145 Å². The lowest BCUT2D eigenvalue weighted by Crippen LogP contribution is -2.30. The summed E-state index contributed by atoms with van der Waals surface area (Å²) in [5.74, 6) is 0.555. The number of rotatable bonds is 4. The maximum Gasteiger partial charge on any atom is 0.281 e. The Morgan fingerprint density at radius 3 is 2.62 bits per heavy atom. The number of carbonyl (C=O) groups is 1. The SMILES string of the molecule is CCOc1ccc(N2C(=O)/C(=C\c3cc(C)n(C)n3)NC2=S)cc1. The molecule has 124 valence electrons. The molecule has 0 spiro atoms. The molecule has 0 bridgehead atoms. The minimum absolute atomic E-state index is 0.201. The minimum atomic E-state index is -0.201. The molecule has 1 amide bonds. The maximum atomic E-state index is 12.7. The molecule has 0 unspecified atom stereocenters. The highest BCUT2D eigenvalue weighted by Crippen LogP contribution is 2.24. The van der Waals surface area contributed by atoms with Gasteiger partial charge in [-0.15, -0.1) is 0 Å². The number of ether oxygens (including phenoxy) is 1. The van der Waals surface area contributed by atoms with Crippen molar-refractivity contribution in [3.05, 3.63) is 47.4 Å². The third-order valence-electron chi connectivity index (χ3n) is 3.71. The van der Waals surface area contributed by atoms with Crippen molar-refractivity contribution in [1.82, 2.24) is 15.1 Å². The van der Waals surface area contributed by atoms with Crippen LogP contribution in [0, 0.1) is 6.92 Å².